The number of hydrogen-bond acceptors (Lipinski definition) is 5. The second-order valence-corrected chi connectivity index (χ2v) is 7.91. The molecule has 1 atom stereocenters. The van der Waals surface area contributed by atoms with E-state index in [1.54, 1.807) is 12.3 Å². The van der Waals surface area contributed by atoms with E-state index in [4.69, 9.17) is 16.3 Å². The predicted molar refractivity (Wildman–Crippen MR) is 124 cm³/mol. The van der Waals surface area contributed by atoms with Crippen molar-refractivity contribution in [2.45, 2.75) is 19.6 Å². The zero-order valence-corrected chi connectivity index (χ0v) is 18.4. The van der Waals surface area contributed by atoms with E-state index in [1.165, 1.54) is 0 Å². The Bertz CT molecular complexity index is 933. The van der Waals surface area contributed by atoms with Crippen LogP contribution in [0, 0.1) is 6.92 Å². The molecule has 2 aromatic carbocycles. The third-order valence-electron chi connectivity index (χ3n) is 4.80. The van der Waals surface area contributed by atoms with E-state index in [2.05, 4.69) is 39.0 Å². The van der Waals surface area contributed by atoms with Crippen molar-refractivity contribution in [3.63, 3.8) is 0 Å². The maximum atomic E-state index is 10.6. The van der Waals surface area contributed by atoms with Crippen molar-refractivity contribution in [3.8, 4) is 5.75 Å². The van der Waals surface area contributed by atoms with Crippen LogP contribution in [0.2, 0.25) is 5.02 Å². The van der Waals surface area contributed by atoms with Gasteiger partial charge in [0.2, 0.25) is 0 Å². The summed E-state index contributed by atoms with van der Waals surface area (Å²) in [5, 5.41) is 11.3. The van der Waals surface area contributed by atoms with Gasteiger partial charge >= 0.3 is 0 Å². The Morgan fingerprint density at radius 1 is 1.07 bits per heavy atom. The summed E-state index contributed by atoms with van der Waals surface area (Å²) in [5.41, 5.74) is 3.24. The number of aryl methyl sites for hydroxylation is 1. The van der Waals surface area contributed by atoms with E-state index < -0.39 is 6.10 Å². The molecule has 158 valence electrons. The average Bonchev–Trinajstić information content (AvgIpc) is 2.75. The van der Waals surface area contributed by atoms with Crippen molar-refractivity contribution in [3.05, 3.63) is 83.0 Å². The van der Waals surface area contributed by atoms with E-state index in [0.29, 0.717) is 23.9 Å². The summed E-state index contributed by atoms with van der Waals surface area (Å²) in [6.07, 6.45) is 1.08. The van der Waals surface area contributed by atoms with E-state index in [1.807, 2.05) is 51.4 Å². The molecule has 0 aliphatic carbocycles. The second kappa shape index (κ2) is 10.3. The summed E-state index contributed by atoms with van der Waals surface area (Å²) < 4.78 is 5.77. The van der Waals surface area contributed by atoms with Crippen LogP contribution in [0.3, 0.4) is 0 Å². The second-order valence-electron chi connectivity index (χ2n) is 7.51. The molecule has 5 nitrogen and oxygen atoms in total. The average molecular weight is 426 g/mol. The molecule has 0 spiro atoms. The lowest BCUT2D eigenvalue weighted by Crippen LogP contribution is -2.35. The Balaban J connectivity index is 1.67. The minimum Gasteiger partial charge on any atom is -0.491 e. The summed E-state index contributed by atoms with van der Waals surface area (Å²) in [4.78, 5) is 8.60. The molecule has 1 heterocycles. The highest BCUT2D eigenvalue weighted by Crippen LogP contribution is 2.22. The molecular formula is C24H28ClN3O2. The molecule has 3 rings (SSSR count). The first-order chi connectivity index (χ1) is 14.4. The third-order valence-corrected chi connectivity index (χ3v) is 5.23. The van der Waals surface area contributed by atoms with Gasteiger partial charge in [-0.1, -0.05) is 29.8 Å². The number of halogens is 1. The quantitative estimate of drug-likeness (QED) is 0.544. The normalized spacial score (nSPS) is 11.8. The van der Waals surface area contributed by atoms with E-state index in [9.17, 15) is 5.11 Å². The van der Waals surface area contributed by atoms with Gasteiger partial charge in [-0.25, -0.2) is 4.98 Å². The Morgan fingerprint density at radius 2 is 1.83 bits per heavy atom. The zero-order chi connectivity index (χ0) is 21.5. The Morgan fingerprint density at radius 3 is 2.47 bits per heavy atom. The van der Waals surface area contributed by atoms with Crippen molar-refractivity contribution in [2.75, 3.05) is 37.0 Å². The molecule has 6 heteroatoms. The number of nitrogens with zero attached hydrogens (tertiary/aromatic N) is 3. The number of aromatic nitrogens is 1. The number of pyridine rings is 1. The molecule has 0 aliphatic heterocycles. The Hall–Kier alpha value is -2.76. The number of anilines is 2. The molecule has 0 aliphatic rings. The molecule has 0 bridgehead atoms. The molecule has 0 fully saturated rings. The standard InChI is InChI=1S/C24H28ClN3O2/c1-18-14-22(11-12-23(18)25)30-17-21(29)16-28(24-6-4-5-13-26-24)15-19-7-9-20(10-8-19)27(2)3/h4-14,21,29H,15-17H2,1-3H3. The lowest BCUT2D eigenvalue weighted by molar-refractivity contribution is 0.111. The van der Waals surface area contributed by atoms with Crippen LogP contribution in [0.1, 0.15) is 11.1 Å². The van der Waals surface area contributed by atoms with Crippen LogP contribution in [0.25, 0.3) is 0 Å². The summed E-state index contributed by atoms with van der Waals surface area (Å²) >= 11 is 6.06. The fraction of sp³-hybridized carbons (Fsp3) is 0.292. The summed E-state index contributed by atoms with van der Waals surface area (Å²) in [6, 6.07) is 19.7. The molecule has 1 N–H and O–H groups in total. The lowest BCUT2D eigenvalue weighted by Gasteiger charge is -2.27. The number of benzene rings is 2. The number of rotatable bonds is 9. The Labute approximate surface area is 183 Å². The van der Waals surface area contributed by atoms with Gasteiger partial charge in [0.1, 0.15) is 24.3 Å². The van der Waals surface area contributed by atoms with Crippen LogP contribution in [0.4, 0.5) is 11.5 Å². The molecule has 0 radical (unpaired) electrons. The minimum atomic E-state index is -0.677. The van der Waals surface area contributed by atoms with Crippen molar-refractivity contribution in [2.24, 2.45) is 0 Å². The van der Waals surface area contributed by atoms with E-state index in [0.717, 1.165) is 22.6 Å². The van der Waals surface area contributed by atoms with Gasteiger partial charge in [-0.05, 0) is 60.5 Å². The number of aliphatic hydroxyl groups excluding tert-OH is 1. The maximum absolute atomic E-state index is 10.6. The molecule has 0 saturated carbocycles. The third kappa shape index (κ3) is 6.12. The first-order valence-electron chi connectivity index (χ1n) is 9.91. The summed E-state index contributed by atoms with van der Waals surface area (Å²) in [7, 11) is 4.04. The first-order valence-corrected chi connectivity index (χ1v) is 10.3. The predicted octanol–water partition coefficient (Wildman–Crippen LogP) is 4.56. The highest BCUT2D eigenvalue weighted by atomic mass is 35.5. The van der Waals surface area contributed by atoms with E-state index in [-0.39, 0.29) is 6.61 Å². The van der Waals surface area contributed by atoms with E-state index >= 15 is 0 Å². The molecule has 1 aromatic heterocycles. The smallest absolute Gasteiger partial charge is 0.128 e. The largest absolute Gasteiger partial charge is 0.491 e. The molecule has 1 unspecified atom stereocenters. The highest BCUT2D eigenvalue weighted by molar-refractivity contribution is 6.31. The molecule has 30 heavy (non-hydrogen) atoms. The van der Waals surface area contributed by atoms with Crippen molar-refractivity contribution >= 4 is 23.1 Å². The van der Waals surface area contributed by atoms with Crippen molar-refractivity contribution < 1.29 is 9.84 Å². The minimum absolute atomic E-state index is 0.184. The van der Waals surface area contributed by atoms with Gasteiger partial charge in [0.25, 0.3) is 0 Å². The summed E-state index contributed by atoms with van der Waals surface area (Å²) in [5.74, 6) is 1.51. The van der Waals surface area contributed by atoms with Crippen LogP contribution in [-0.2, 0) is 6.54 Å². The van der Waals surface area contributed by atoms with Gasteiger partial charge in [-0.3, -0.25) is 0 Å². The zero-order valence-electron chi connectivity index (χ0n) is 17.6. The maximum Gasteiger partial charge on any atom is 0.128 e. The fourth-order valence-corrected chi connectivity index (χ4v) is 3.22. The first kappa shape index (κ1) is 21.9. The molecule has 0 amide bonds. The van der Waals surface area contributed by atoms with Crippen LogP contribution in [0.15, 0.2) is 66.9 Å². The lowest BCUT2D eigenvalue weighted by atomic mass is 10.1. The Kier molecular flexibility index (Phi) is 7.55. The van der Waals surface area contributed by atoms with Gasteiger partial charge in [-0.2, -0.15) is 0 Å². The van der Waals surface area contributed by atoms with Crippen molar-refractivity contribution in [1.82, 2.24) is 4.98 Å². The number of aliphatic hydroxyl groups is 1. The van der Waals surface area contributed by atoms with Crippen LogP contribution >= 0.6 is 11.6 Å². The van der Waals surface area contributed by atoms with Crippen molar-refractivity contribution in [1.29, 1.82) is 0 Å². The topological polar surface area (TPSA) is 48.8 Å². The van der Waals surface area contributed by atoms with Gasteiger partial charge in [0, 0.05) is 44.1 Å². The summed E-state index contributed by atoms with van der Waals surface area (Å²) in [6.45, 7) is 3.15. The van der Waals surface area contributed by atoms with Gasteiger partial charge in [0.15, 0.2) is 0 Å². The highest BCUT2D eigenvalue weighted by Gasteiger charge is 2.15. The van der Waals surface area contributed by atoms with Gasteiger partial charge in [0.05, 0.1) is 0 Å². The fourth-order valence-electron chi connectivity index (χ4n) is 3.11. The molecule has 3 aromatic rings. The molecular weight excluding hydrogens is 398 g/mol. The van der Waals surface area contributed by atoms with Crippen LogP contribution in [-0.4, -0.2) is 43.4 Å². The van der Waals surface area contributed by atoms with Gasteiger partial charge in [-0.15, -0.1) is 0 Å². The number of hydrogen-bond donors (Lipinski definition) is 1. The molecule has 0 saturated heterocycles. The monoisotopic (exact) mass is 425 g/mol. The van der Waals surface area contributed by atoms with Crippen LogP contribution in [0.5, 0.6) is 5.75 Å². The van der Waals surface area contributed by atoms with Gasteiger partial charge < -0.3 is 19.6 Å². The van der Waals surface area contributed by atoms with Crippen LogP contribution < -0.4 is 14.5 Å². The number of ether oxygens (including phenoxy) is 1. The SMILES string of the molecule is Cc1cc(OCC(O)CN(Cc2ccc(N(C)C)cc2)c2ccccn2)ccc1Cl.